The van der Waals surface area contributed by atoms with Gasteiger partial charge in [0.05, 0.1) is 0 Å². The van der Waals surface area contributed by atoms with E-state index in [2.05, 4.69) is 20.7 Å². The molecule has 1 rings (SSSR count). The Balaban J connectivity index is 2.76. The monoisotopic (exact) mass is 242 g/mol. The zero-order valence-electron chi connectivity index (χ0n) is 7.42. The van der Waals surface area contributed by atoms with Gasteiger partial charge in [-0.25, -0.2) is 0 Å². The van der Waals surface area contributed by atoms with Crippen molar-refractivity contribution in [2.45, 2.75) is 18.9 Å². The number of carbonyl (C=O) groups excluding carboxylic acids is 1. The van der Waals surface area contributed by atoms with Gasteiger partial charge in [-0.05, 0) is 23.6 Å². The van der Waals surface area contributed by atoms with E-state index in [-0.39, 0.29) is 0 Å². The Hall–Kier alpha value is -0.830. The Morgan fingerprint density at radius 1 is 1.54 bits per heavy atom. The minimum atomic E-state index is 0.354. The number of aryl methyl sites for hydroxylation is 1. The van der Waals surface area contributed by atoms with Gasteiger partial charge in [-0.2, -0.15) is 0 Å². The molecule has 0 fully saturated rings. The molecule has 13 heavy (non-hydrogen) atoms. The van der Waals surface area contributed by atoms with Crippen LogP contribution < -0.4 is 0 Å². The molecule has 0 unspecified atom stereocenters. The van der Waals surface area contributed by atoms with Gasteiger partial charge >= 0.3 is 0 Å². The summed E-state index contributed by atoms with van der Waals surface area (Å²) in [5.74, 6) is 0. The number of ether oxygens (including phenoxy) is 1. The molecular formula is C10H11BrO2. The minimum Gasteiger partial charge on any atom is -0.463 e. The van der Waals surface area contributed by atoms with Crippen LogP contribution in [0.15, 0.2) is 18.2 Å². The minimum absolute atomic E-state index is 0.354. The van der Waals surface area contributed by atoms with Gasteiger partial charge in [-0.15, -0.1) is 0 Å². The second-order valence-corrected chi connectivity index (χ2v) is 3.36. The van der Waals surface area contributed by atoms with E-state index in [9.17, 15) is 4.79 Å². The first-order valence-corrected chi connectivity index (χ1v) is 5.09. The van der Waals surface area contributed by atoms with E-state index in [1.54, 1.807) is 0 Å². The molecule has 0 aliphatic rings. The summed E-state index contributed by atoms with van der Waals surface area (Å²) in [5, 5.41) is 0.855. The fourth-order valence-corrected chi connectivity index (χ4v) is 1.76. The molecular weight excluding hydrogens is 232 g/mol. The summed E-state index contributed by atoms with van der Waals surface area (Å²) in [6.45, 7) is 2.86. The number of hydrogen-bond acceptors (Lipinski definition) is 2. The lowest BCUT2D eigenvalue weighted by molar-refractivity contribution is -0.129. The molecule has 0 aliphatic heterocycles. The van der Waals surface area contributed by atoms with Crippen LogP contribution in [-0.4, -0.2) is 6.47 Å². The number of benzene rings is 1. The molecule has 0 aromatic heterocycles. The summed E-state index contributed by atoms with van der Waals surface area (Å²) in [4.78, 5) is 9.96. The van der Waals surface area contributed by atoms with Crippen LogP contribution in [0.25, 0.3) is 0 Å². The highest BCUT2D eigenvalue weighted by Crippen LogP contribution is 2.14. The van der Waals surface area contributed by atoms with Gasteiger partial charge in [0.15, 0.2) is 0 Å². The molecule has 70 valence electrons. The maximum atomic E-state index is 9.96. The third kappa shape index (κ3) is 2.84. The molecule has 0 spiro atoms. The molecule has 0 atom stereocenters. The molecule has 0 bridgehead atoms. The number of carbonyl (C=O) groups is 1. The summed E-state index contributed by atoms with van der Waals surface area (Å²) in [6.07, 6.45) is 0. The van der Waals surface area contributed by atoms with Gasteiger partial charge in [0.25, 0.3) is 6.47 Å². The van der Waals surface area contributed by atoms with Crippen LogP contribution in [0.3, 0.4) is 0 Å². The van der Waals surface area contributed by atoms with Crippen LogP contribution in [0.5, 0.6) is 0 Å². The highest BCUT2D eigenvalue weighted by molar-refractivity contribution is 9.08. The van der Waals surface area contributed by atoms with Gasteiger partial charge in [-0.3, -0.25) is 4.79 Å². The zero-order valence-corrected chi connectivity index (χ0v) is 9.00. The van der Waals surface area contributed by atoms with E-state index in [0.29, 0.717) is 13.1 Å². The van der Waals surface area contributed by atoms with E-state index < -0.39 is 0 Å². The molecule has 0 amide bonds. The number of alkyl halides is 1. The third-order valence-corrected chi connectivity index (χ3v) is 2.47. The van der Waals surface area contributed by atoms with E-state index in [1.165, 1.54) is 11.1 Å². The van der Waals surface area contributed by atoms with Crippen molar-refractivity contribution in [1.82, 2.24) is 0 Å². The molecule has 0 N–H and O–H groups in total. The summed E-state index contributed by atoms with van der Waals surface area (Å²) >= 11 is 3.40. The second-order valence-electron chi connectivity index (χ2n) is 2.80. The number of halogens is 1. The van der Waals surface area contributed by atoms with Crippen molar-refractivity contribution in [1.29, 1.82) is 0 Å². The first-order chi connectivity index (χ1) is 6.27. The third-order valence-electron chi connectivity index (χ3n) is 1.87. The predicted molar refractivity (Wildman–Crippen MR) is 54.7 cm³/mol. The van der Waals surface area contributed by atoms with Crippen LogP contribution >= 0.6 is 15.9 Å². The Kier molecular flexibility index (Phi) is 3.96. The van der Waals surface area contributed by atoms with Crippen molar-refractivity contribution < 1.29 is 9.53 Å². The molecule has 0 saturated heterocycles. The molecule has 3 heteroatoms. The van der Waals surface area contributed by atoms with Crippen LogP contribution in [0.2, 0.25) is 0 Å². The molecule has 0 saturated carbocycles. The lowest BCUT2D eigenvalue weighted by Crippen LogP contribution is -1.92. The predicted octanol–water partition coefficient (Wildman–Crippen LogP) is 2.56. The Morgan fingerprint density at radius 2 is 2.31 bits per heavy atom. The Morgan fingerprint density at radius 3 is 2.85 bits per heavy atom. The van der Waals surface area contributed by atoms with Crippen molar-refractivity contribution in [3.63, 3.8) is 0 Å². The normalized spacial score (nSPS) is 9.69. The molecule has 0 aliphatic carbocycles. The van der Waals surface area contributed by atoms with Crippen molar-refractivity contribution in [3.8, 4) is 0 Å². The maximum absolute atomic E-state index is 9.96. The summed E-state index contributed by atoms with van der Waals surface area (Å²) in [7, 11) is 0. The number of rotatable bonds is 4. The van der Waals surface area contributed by atoms with Gasteiger partial charge < -0.3 is 4.74 Å². The largest absolute Gasteiger partial charge is 0.463 e. The lowest BCUT2D eigenvalue weighted by atomic mass is 10.1. The van der Waals surface area contributed by atoms with Gasteiger partial charge in [0.2, 0.25) is 0 Å². The van der Waals surface area contributed by atoms with E-state index in [1.807, 2.05) is 25.1 Å². The van der Waals surface area contributed by atoms with Crippen LogP contribution in [-0.2, 0) is 21.5 Å². The highest BCUT2D eigenvalue weighted by atomic mass is 79.9. The topological polar surface area (TPSA) is 26.3 Å². The first-order valence-electron chi connectivity index (χ1n) is 3.97. The molecule has 1 aromatic rings. The van der Waals surface area contributed by atoms with E-state index in [4.69, 9.17) is 0 Å². The van der Waals surface area contributed by atoms with Crippen molar-refractivity contribution in [3.05, 3.63) is 34.9 Å². The van der Waals surface area contributed by atoms with E-state index in [0.717, 1.165) is 10.9 Å². The van der Waals surface area contributed by atoms with Crippen molar-refractivity contribution in [2.75, 3.05) is 0 Å². The smallest absolute Gasteiger partial charge is 0.293 e. The summed E-state index contributed by atoms with van der Waals surface area (Å²) < 4.78 is 4.66. The quantitative estimate of drug-likeness (QED) is 0.600. The first kappa shape index (κ1) is 10.3. The fourth-order valence-electron chi connectivity index (χ4n) is 1.13. The zero-order chi connectivity index (χ0) is 9.68. The fraction of sp³-hybridized carbons (Fsp3) is 0.300. The average Bonchev–Trinajstić information content (AvgIpc) is 2.15. The highest BCUT2D eigenvalue weighted by Gasteiger charge is 1.98. The van der Waals surface area contributed by atoms with Gasteiger partial charge in [0, 0.05) is 5.33 Å². The Labute approximate surface area is 86.0 Å². The van der Waals surface area contributed by atoms with Crippen LogP contribution in [0.1, 0.15) is 16.7 Å². The summed E-state index contributed by atoms with van der Waals surface area (Å²) in [5.41, 5.74) is 3.49. The van der Waals surface area contributed by atoms with Crippen LogP contribution in [0, 0.1) is 6.92 Å². The lowest BCUT2D eigenvalue weighted by Gasteiger charge is -2.04. The molecule has 0 radical (unpaired) electrons. The van der Waals surface area contributed by atoms with Crippen molar-refractivity contribution in [2.24, 2.45) is 0 Å². The van der Waals surface area contributed by atoms with Crippen molar-refractivity contribution >= 4 is 22.4 Å². The average molecular weight is 243 g/mol. The molecule has 1 aromatic carbocycles. The maximum Gasteiger partial charge on any atom is 0.293 e. The van der Waals surface area contributed by atoms with Gasteiger partial charge in [0.1, 0.15) is 6.61 Å². The molecule has 2 nitrogen and oxygen atoms in total. The standard InChI is InChI=1S/C10H11BrO2/c1-8-4-9(6-13-7-12)2-3-10(8)5-11/h2-4,7H,5-6H2,1H3. The molecule has 0 heterocycles. The van der Waals surface area contributed by atoms with Crippen LogP contribution in [0.4, 0.5) is 0 Å². The number of hydrogen-bond donors (Lipinski definition) is 0. The Bertz CT molecular complexity index is 297. The second kappa shape index (κ2) is 5.02. The van der Waals surface area contributed by atoms with Gasteiger partial charge in [-0.1, -0.05) is 34.1 Å². The summed E-state index contributed by atoms with van der Waals surface area (Å²) in [6, 6.07) is 6.03. The SMILES string of the molecule is Cc1cc(COC=O)ccc1CBr. The van der Waals surface area contributed by atoms with E-state index >= 15 is 0 Å².